The van der Waals surface area contributed by atoms with Gasteiger partial charge in [-0.2, -0.15) is 11.8 Å². The van der Waals surface area contributed by atoms with E-state index < -0.39 is 0 Å². The quantitative estimate of drug-likeness (QED) is 0.720. The van der Waals surface area contributed by atoms with Crippen molar-refractivity contribution < 1.29 is 0 Å². The van der Waals surface area contributed by atoms with Crippen LogP contribution in [0.2, 0.25) is 0 Å². The number of hydrogen-bond donors (Lipinski definition) is 2. The van der Waals surface area contributed by atoms with Crippen LogP contribution in [0.15, 0.2) is 0 Å². The minimum atomic E-state index is 0.481. The van der Waals surface area contributed by atoms with Gasteiger partial charge >= 0.3 is 0 Å². The molecule has 2 rings (SSSR count). The van der Waals surface area contributed by atoms with Crippen molar-refractivity contribution in [3.8, 4) is 0 Å². The zero-order valence-electron chi connectivity index (χ0n) is 8.64. The summed E-state index contributed by atoms with van der Waals surface area (Å²) in [6, 6.07) is 0.668. The molecule has 0 heterocycles. The monoisotopic (exact) mass is 230 g/mol. The molecule has 2 saturated carbocycles. The third-order valence-electron chi connectivity index (χ3n) is 3.18. The van der Waals surface area contributed by atoms with Crippen LogP contribution in [-0.4, -0.2) is 28.7 Å². The summed E-state index contributed by atoms with van der Waals surface area (Å²) >= 11 is 7.21. The van der Waals surface area contributed by atoms with Crippen LogP contribution in [0.25, 0.3) is 0 Å². The van der Waals surface area contributed by atoms with Gasteiger partial charge in [0.25, 0.3) is 0 Å². The van der Waals surface area contributed by atoms with E-state index in [1.807, 2.05) is 11.8 Å². The zero-order chi connectivity index (χ0) is 10.0. The summed E-state index contributed by atoms with van der Waals surface area (Å²) in [6.45, 7) is 1.03. The molecule has 0 unspecified atom stereocenters. The Labute approximate surface area is 95.6 Å². The van der Waals surface area contributed by atoms with E-state index in [0.29, 0.717) is 10.8 Å². The Kier molecular flexibility index (Phi) is 3.22. The van der Waals surface area contributed by atoms with Crippen molar-refractivity contribution in [2.75, 3.05) is 12.8 Å². The SMILES string of the molecule is CSC1(CNC(=S)NC2CC2)CCC1. The lowest BCUT2D eigenvalue weighted by molar-refractivity contribution is 0.361. The van der Waals surface area contributed by atoms with Gasteiger partial charge in [-0.05, 0) is 44.2 Å². The van der Waals surface area contributed by atoms with Crippen LogP contribution in [0.4, 0.5) is 0 Å². The zero-order valence-corrected chi connectivity index (χ0v) is 10.3. The molecule has 0 bridgehead atoms. The number of rotatable bonds is 4. The third kappa shape index (κ3) is 2.54. The third-order valence-corrected chi connectivity index (χ3v) is 4.86. The first kappa shape index (κ1) is 10.6. The summed E-state index contributed by atoms with van der Waals surface area (Å²) in [5.41, 5.74) is 0. The van der Waals surface area contributed by atoms with Crippen molar-refractivity contribution in [2.45, 2.75) is 42.9 Å². The average molecular weight is 230 g/mol. The van der Waals surface area contributed by atoms with E-state index in [9.17, 15) is 0 Å². The number of thioether (sulfide) groups is 1. The predicted molar refractivity (Wildman–Crippen MR) is 66.9 cm³/mol. The number of hydrogen-bond acceptors (Lipinski definition) is 2. The molecule has 0 radical (unpaired) electrons. The summed E-state index contributed by atoms with van der Waals surface area (Å²) in [7, 11) is 0. The maximum Gasteiger partial charge on any atom is 0.166 e. The van der Waals surface area contributed by atoms with Crippen molar-refractivity contribution in [3.63, 3.8) is 0 Å². The number of thiocarbonyl (C=S) groups is 1. The van der Waals surface area contributed by atoms with Crippen LogP contribution in [-0.2, 0) is 0 Å². The van der Waals surface area contributed by atoms with Gasteiger partial charge in [0.15, 0.2) is 5.11 Å². The van der Waals surface area contributed by atoms with Gasteiger partial charge in [-0.1, -0.05) is 6.42 Å². The fraction of sp³-hybridized carbons (Fsp3) is 0.900. The molecule has 0 aromatic rings. The Balaban J connectivity index is 1.67. The summed E-state index contributed by atoms with van der Waals surface area (Å²) in [5.74, 6) is 0. The van der Waals surface area contributed by atoms with E-state index >= 15 is 0 Å². The smallest absolute Gasteiger partial charge is 0.166 e. The second kappa shape index (κ2) is 4.27. The molecular weight excluding hydrogens is 212 g/mol. The van der Waals surface area contributed by atoms with Crippen molar-refractivity contribution >= 4 is 29.1 Å². The van der Waals surface area contributed by atoms with Gasteiger partial charge in [-0.15, -0.1) is 0 Å². The van der Waals surface area contributed by atoms with Gasteiger partial charge in [0.05, 0.1) is 0 Å². The fourth-order valence-corrected chi connectivity index (χ4v) is 2.88. The summed E-state index contributed by atoms with van der Waals surface area (Å²) in [4.78, 5) is 0. The van der Waals surface area contributed by atoms with Crippen molar-refractivity contribution in [1.29, 1.82) is 0 Å². The van der Waals surface area contributed by atoms with Crippen molar-refractivity contribution in [2.24, 2.45) is 0 Å². The second-order valence-electron chi connectivity index (χ2n) is 4.34. The minimum absolute atomic E-state index is 0.481. The molecule has 2 aliphatic carbocycles. The highest BCUT2D eigenvalue weighted by atomic mass is 32.2. The normalized spacial score (nSPS) is 23.8. The Morgan fingerprint density at radius 2 is 2.21 bits per heavy atom. The molecule has 4 heteroatoms. The van der Waals surface area contributed by atoms with E-state index in [1.54, 1.807) is 0 Å². The Morgan fingerprint density at radius 1 is 1.50 bits per heavy atom. The molecule has 0 saturated heterocycles. The Bertz CT molecular complexity index is 217. The molecule has 0 aromatic carbocycles. The first-order valence-electron chi connectivity index (χ1n) is 5.34. The molecule has 0 amide bonds. The van der Waals surface area contributed by atoms with Crippen LogP contribution < -0.4 is 10.6 Å². The van der Waals surface area contributed by atoms with Crippen LogP contribution in [0, 0.1) is 0 Å². The second-order valence-corrected chi connectivity index (χ2v) is 6.02. The average Bonchev–Trinajstić information content (AvgIpc) is 2.87. The molecule has 2 fully saturated rings. The Morgan fingerprint density at radius 3 is 2.64 bits per heavy atom. The largest absolute Gasteiger partial charge is 0.361 e. The molecule has 0 atom stereocenters. The highest BCUT2D eigenvalue weighted by molar-refractivity contribution is 8.00. The maximum atomic E-state index is 5.23. The molecule has 80 valence electrons. The lowest BCUT2D eigenvalue weighted by atomic mass is 9.84. The fourth-order valence-electron chi connectivity index (χ4n) is 1.73. The summed E-state index contributed by atoms with van der Waals surface area (Å²) < 4.78 is 0.481. The highest BCUT2D eigenvalue weighted by Gasteiger charge is 2.36. The lowest BCUT2D eigenvalue weighted by Gasteiger charge is -2.40. The first-order chi connectivity index (χ1) is 6.74. The number of nitrogens with one attached hydrogen (secondary N) is 2. The first-order valence-corrected chi connectivity index (χ1v) is 6.97. The molecule has 2 N–H and O–H groups in total. The van der Waals surface area contributed by atoms with Crippen LogP contribution >= 0.6 is 24.0 Å². The highest BCUT2D eigenvalue weighted by Crippen LogP contribution is 2.42. The predicted octanol–water partition coefficient (Wildman–Crippen LogP) is 1.90. The van der Waals surface area contributed by atoms with Crippen LogP contribution in [0.5, 0.6) is 0 Å². The van der Waals surface area contributed by atoms with Gasteiger partial charge < -0.3 is 10.6 Å². The van der Waals surface area contributed by atoms with Gasteiger partial charge in [0.1, 0.15) is 0 Å². The minimum Gasteiger partial charge on any atom is -0.361 e. The van der Waals surface area contributed by atoms with E-state index in [2.05, 4.69) is 16.9 Å². The molecule has 0 aliphatic heterocycles. The molecule has 2 nitrogen and oxygen atoms in total. The maximum absolute atomic E-state index is 5.23. The molecule has 2 aliphatic rings. The summed E-state index contributed by atoms with van der Waals surface area (Å²) in [6.07, 6.45) is 8.84. The Hall–Kier alpha value is 0.0400. The van der Waals surface area contributed by atoms with E-state index in [0.717, 1.165) is 11.7 Å². The van der Waals surface area contributed by atoms with Gasteiger partial charge in [0.2, 0.25) is 0 Å². The van der Waals surface area contributed by atoms with Crippen molar-refractivity contribution in [3.05, 3.63) is 0 Å². The summed E-state index contributed by atoms with van der Waals surface area (Å²) in [5, 5.41) is 7.51. The standard InChI is InChI=1S/C10H18N2S2/c1-14-10(5-2-6-10)7-11-9(13)12-8-3-4-8/h8H,2-7H2,1H3,(H2,11,12,13). The van der Waals surface area contributed by atoms with Crippen LogP contribution in [0.3, 0.4) is 0 Å². The van der Waals surface area contributed by atoms with Crippen molar-refractivity contribution in [1.82, 2.24) is 10.6 Å². The van der Waals surface area contributed by atoms with Gasteiger partial charge in [-0.25, -0.2) is 0 Å². The van der Waals surface area contributed by atoms with E-state index in [4.69, 9.17) is 12.2 Å². The molecular formula is C10H18N2S2. The van der Waals surface area contributed by atoms with Gasteiger partial charge in [-0.3, -0.25) is 0 Å². The van der Waals surface area contributed by atoms with Crippen LogP contribution in [0.1, 0.15) is 32.1 Å². The lowest BCUT2D eigenvalue weighted by Crippen LogP contribution is -2.48. The molecule has 0 spiro atoms. The van der Waals surface area contributed by atoms with Gasteiger partial charge in [0, 0.05) is 17.3 Å². The molecule has 14 heavy (non-hydrogen) atoms. The molecule has 0 aromatic heterocycles. The topological polar surface area (TPSA) is 24.1 Å². The van der Waals surface area contributed by atoms with E-state index in [-0.39, 0.29) is 0 Å². The van der Waals surface area contributed by atoms with E-state index in [1.165, 1.54) is 32.1 Å².